The van der Waals surface area contributed by atoms with Gasteiger partial charge in [-0.05, 0) is 58.9 Å². The largest absolute Gasteiger partial charge is 0.465 e. The van der Waals surface area contributed by atoms with Crippen molar-refractivity contribution < 1.29 is 19.1 Å². The van der Waals surface area contributed by atoms with E-state index in [2.05, 4.69) is 29.6 Å². The Labute approximate surface area is 194 Å². The number of alkyl carbamates (subject to hydrolysis) is 1. The highest BCUT2D eigenvalue weighted by Gasteiger charge is 2.28. The van der Waals surface area contributed by atoms with Crippen molar-refractivity contribution in [1.82, 2.24) is 5.32 Å². The van der Waals surface area contributed by atoms with Gasteiger partial charge in [-0.2, -0.15) is 0 Å². The molecule has 1 aliphatic carbocycles. The fourth-order valence-electron chi connectivity index (χ4n) is 4.18. The van der Waals surface area contributed by atoms with Crippen LogP contribution in [-0.4, -0.2) is 32.3 Å². The Kier molecular flexibility index (Phi) is 6.89. The van der Waals surface area contributed by atoms with Crippen LogP contribution in [0.25, 0.3) is 17.2 Å². The number of hydrogen-bond donors (Lipinski definition) is 1. The highest BCUT2D eigenvalue weighted by atomic mass is 16.5. The Bertz CT molecular complexity index is 1150. The van der Waals surface area contributed by atoms with Crippen LogP contribution in [0, 0.1) is 6.92 Å². The molecule has 0 saturated heterocycles. The number of nitrogens with one attached hydrogen (secondary N) is 1. The second-order valence-electron chi connectivity index (χ2n) is 8.01. The topological polar surface area (TPSA) is 64.6 Å². The van der Waals surface area contributed by atoms with Gasteiger partial charge in [0.15, 0.2) is 0 Å². The van der Waals surface area contributed by atoms with Crippen LogP contribution < -0.4 is 5.32 Å². The summed E-state index contributed by atoms with van der Waals surface area (Å²) in [5.41, 5.74) is 7.32. The van der Waals surface area contributed by atoms with E-state index < -0.39 is 6.09 Å². The van der Waals surface area contributed by atoms with Crippen molar-refractivity contribution in [2.75, 3.05) is 20.3 Å². The zero-order chi connectivity index (χ0) is 23.2. The number of rotatable bonds is 7. The van der Waals surface area contributed by atoms with Gasteiger partial charge in [0.05, 0.1) is 12.7 Å². The van der Waals surface area contributed by atoms with Crippen molar-refractivity contribution in [1.29, 1.82) is 0 Å². The Hall–Kier alpha value is -3.86. The standard InChI is InChI=1S/C28H27NO4/c1-19-14-15-21(27(30)32-2)17-20(19)9-7-8-16-29-28(31)33-18-26-24-12-5-3-10-22(24)23-11-4-6-13-25(23)26/h3-7,9-15,17,26H,8,16,18H2,1-2H3,(H,29,31). The lowest BCUT2D eigenvalue weighted by atomic mass is 9.98. The molecule has 4 rings (SSSR count). The Morgan fingerprint density at radius 3 is 2.30 bits per heavy atom. The molecule has 0 fully saturated rings. The zero-order valence-electron chi connectivity index (χ0n) is 18.8. The molecule has 0 aliphatic heterocycles. The fraction of sp³-hybridized carbons (Fsp3) is 0.214. The number of esters is 1. The second kappa shape index (κ2) is 10.2. The summed E-state index contributed by atoms with van der Waals surface area (Å²) in [6, 6.07) is 22.0. The van der Waals surface area contributed by atoms with Crippen LogP contribution in [0.2, 0.25) is 0 Å². The van der Waals surface area contributed by atoms with Gasteiger partial charge in [-0.15, -0.1) is 0 Å². The lowest BCUT2D eigenvalue weighted by molar-refractivity contribution is 0.0600. The summed E-state index contributed by atoms with van der Waals surface area (Å²) in [4.78, 5) is 24.0. The maximum Gasteiger partial charge on any atom is 0.407 e. The van der Waals surface area contributed by atoms with Gasteiger partial charge in [-0.25, -0.2) is 9.59 Å². The molecule has 0 atom stereocenters. The number of benzene rings is 3. The minimum absolute atomic E-state index is 0.0492. The molecule has 1 aliphatic rings. The number of carbonyl (C=O) groups is 2. The van der Waals surface area contributed by atoms with Crippen LogP contribution in [0.4, 0.5) is 4.79 Å². The van der Waals surface area contributed by atoms with Crippen molar-refractivity contribution >= 4 is 18.1 Å². The number of hydrogen-bond acceptors (Lipinski definition) is 4. The van der Waals surface area contributed by atoms with Crippen LogP contribution in [0.15, 0.2) is 72.8 Å². The Morgan fingerprint density at radius 1 is 0.970 bits per heavy atom. The van der Waals surface area contributed by atoms with Crippen molar-refractivity contribution in [2.24, 2.45) is 0 Å². The van der Waals surface area contributed by atoms with E-state index >= 15 is 0 Å². The van der Waals surface area contributed by atoms with Gasteiger partial charge in [0, 0.05) is 12.5 Å². The van der Waals surface area contributed by atoms with Crippen LogP contribution in [0.1, 0.15) is 45.0 Å². The molecule has 0 unspecified atom stereocenters. The van der Waals surface area contributed by atoms with E-state index in [4.69, 9.17) is 9.47 Å². The van der Waals surface area contributed by atoms with Crippen molar-refractivity contribution in [3.63, 3.8) is 0 Å². The molecule has 1 N–H and O–H groups in total. The first-order valence-corrected chi connectivity index (χ1v) is 11.0. The summed E-state index contributed by atoms with van der Waals surface area (Å²) in [6.45, 7) is 2.74. The van der Waals surface area contributed by atoms with Crippen LogP contribution >= 0.6 is 0 Å². The molecule has 0 heterocycles. The van der Waals surface area contributed by atoms with Gasteiger partial charge in [0.25, 0.3) is 0 Å². The molecule has 0 aromatic heterocycles. The van der Waals surface area contributed by atoms with Crippen LogP contribution in [-0.2, 0) is 9.47 Å². The predicted molar refractivity (Wildman–Crippen MR) is 129 cm³/mol. The van der Waals surface area contributed by atoms with Crippen molar-refractivity contribution in [3.05, 3.63) is 101 Å². The molecule has 0 saturated carbocycles. The summed E-state index contributed by atoms with van der Waals surface area (Å²) >= 11 is 0. The Morgan fingerprint density at radius 2 is 1.64 bits per heavy atom. The monoisotopic (exact) mass is 441 g/mol. The first kappa shape index (κ1) is 22.3. The molecule has 33 heavy (non-hydrogen) atoms. The number of fused-ring (bicyclic) bond motifs is 3. The Balaban J connectivity index is 1.28. The maximum absolute atomic E-state index is 12.3. The van der Waals surface area contributed by atoms with Crippen LogP contribution in [0.5, 0.6) is 0 Å². The summed E-state index contributed by atoms with van der Waals surface area (Å²) in [6.07, 6.45) is 4.13. The SMILES string of the molecule is COC(=O)c1ccc(C)c(C=CCCNC(=O)OCC2c3ccccc3-c3ccccc32)c1. The summed E-state index contributed by atoms with van der Waals surface area (Å²) in [5, 5.41) is 2.81. The molecule has 5 nitrogen and oxygen atoms in total. The number of carbonyl (C=O) groups excluding carboxylic acids is 2. The normalized spacial score (nSPS) is 12.3. The van der Waals surface area contributed by atoms with E-state index in [1.165, 1.54) is 29.4 Å². The first-order valence-electron chi connectivity index (χ1n) is 11.0. The summed E-state index contributed by atoms with van der Waals surface area (Å²) in [7, 11) is 1.37. The van der Waals surface area contributed by atoms with Gasteiger partial charge >= 0.3 is 12.1 Å². The predicted octanol–water partition coefficient (Wildman–Crippen LogP) is 5.72. The van der Waals surface area contributed by atoms with Gasteiger partial charge < -0.3 is 14.8 Å². The van der Waals surface area contributed by atoms with E-state index in [-0.39, 0.29) is 11.9 Å². The van der Waals surface area contributed by atoms with E-state index in [9.17, 15) is 9.59 Å². The van der Waals surface area contributed by atoms with Crippen LogP contribution in [0.3, 0.4) is 0 Å². The molecule has 1 amide bonds. The number of ether oxygens (including phenoxy) is 2. The molecule has 5 heteroatoms. The summed E-state index contributed by atoms with van der Waals surface area (Å²) in [5.74, 6) is -0.310. The number of amides is 1. The average molecular weight is 442 g/mol. The van der Waals surface area contributed by atoms with Gasteiger partial charge in [-0.1, -0.05) is 66.7 Å². The highest BCUT2D eigenvalue weighted by molar-refractivity contribution is 5.90. The quantitative estimate of drug-likeness (QED) is 0.376. The van der Waals surface area contributed by atoms with E-state index in [0.29, 0.717) is 25.1 Å². The molecular weight excluding hydrogens is 414 g/mol. The maximum atomic E-state index is 12.3. The lowest BCUT2D eigenvalue weighted by Crippen LogP contribution is -2.26. The van der Waals surface area contributed by atoms with Gasteiger partial charge in [0.1, 0.15) is 6.61 Å². The first-order chi connectivity index (χ1) is 16.1. The molecule has 0 bridgehead atoms. The third-order valence-corrected chi connectivity index (χ3v) is 5.92. The summed E-state index contributed by atoms with van der Waals surface area (Å²) < 4.78 is 10.3. The number of aryl methyl sites for hydroxylation is 1. The molecule has 168 valence electrons. The molecular formula is C28H27NO4. The third-order valence-electron chi connectivity index (χ3n) is 5.92. The molecule has 0 radical (unpaired) electrons. The minimum Gasteiger partial charge on any atom is -0.465 e. The molecule has 0 spiro atoms. The van der Waals surface area contributed by atoms with Gasteiger partial charge in [0.2, 0.25) is 0 Å². The third kappa shape index (κ3) is 4.98. The second-order valence-corrected chi connectivity index (χ2v) is 8.01. The fourth-order valence-corrected chi connectivity index (χ4v) is 4.18. The van der Waals surface area contributed by atoms with Crippen molar-refractivity contribution in [2.45, 2.75) is 19.3 Å². The zero-order valence-corrected chi connectivity index (χ0v) is 18.8. The van der Waals surface area contributed by atoms with E-state index in [0.717, 1.165) is 11.1 Å². The smallest absolute Gasteiger partial charge is 0.407 e. The van der Waals surface area contributed by atoms with E-state index in [1.54, 1.807) is 12.1 Å². The minimum atomic E-state index is -0.422. The number of methoxy groups -OCH3 is 1. The average Bonchev–Trinajstić information content (AvgIpc) is 3.16. The molecule has 3 aromatic carbocycles. The van der Waals surface area contributed by atoms with Crippen molar-refractivity contribution in [3.8, 4) is 11.1 Å². The lowest BCUT2D eigenvalue weighted by Gasteiger charge is -2.14. The van der Waals surface area contributed by atoms with E-state index in [1.807, 2.05) is 49.4 Å². The van der Waals surface area contributed by atoms with Gasteiger partial charge in [-0.3, -0.25) is 0 Å². The molecule has 3 aromatic rings. The highest BCUT2D eigenvalue weighted by Crippen LogP contribution is 2.44.